The molecule has 228 valence electrons. The zero-order valence-electron chi connectivity index (χ0n) is 25.9. The molecule has 8 nitrogen and oxygen atoms in total. The van der Waals surface area contributed by atoms with Crippen molar-refractivity contribution in [2.75, 3.05) is 32.8 Å². The van der Waals surface area contributed by atoms with Gasteiger partial charge in [-0.1, -0.05) is 31.5 Å². The van der Waals surface area contributed by atoms with Crippen molar-refractivity contribution < 1.29 is 19.1 Å². The lowest BCUT2D eigenvalue weighted by atomic mass is 9.96. The van der Waals surface area contributed by atoms with Gasteiger partial charge >= 0.3 is 5.97 Å². The van der Waals surface area contributed by atoms with Gasteiger partial charge in [0.2, 0.25) is 0 Å². The van der Waals surface area contributed by atoms with Gasteiger partial charge in [-0.3, -0.25) is 30.2 Å². The van der Waals surface area contributed by atoms with Crippen molar-refractivity contribution in [3.05, 3.63) is 64.7 Å². The number of hydrogen-bond acceptors (Lipinski definition) is 8. The number of benzene rings is 2. The van der Waals surface area contributed by atoms with Gasteiger partial charge in [-0.25, -0.2) is 0 Å². The van der Waals surface area contributed by atoms with Crippen LogP contribution in [0.15, 0.2) is 42.5 Å². The molecule has 3 rings (SSSR count). The number of ether oxygens (including phenoxy) is 2. The Morgan fingerprint density at radius 1 is 1.02 bits per heavy atom. The number of carbonyl (C=O) groups excluding carboxylic acids is 2. The minimum Gasteiger partial charge on any atom is -0.492 e. The fourth-order valence-electron chi connectivity index (χ4n) is 4.92. The van der Waals surface area contributed by atoms with Crippen LogP contribution in [0.4, 0.5) is 0 Å². The first-order valence-electron chi connectivity index (χ1n) is 14.8. The fraction of sp³-hybridized carbons (Fsp3) is 0.515. The molecule has 0 atom stereocenters. The summed E-state index contributed by atoms with van der Waals surface area (Å²) in [5, 5.41) is 17.6. The second-order valence-corrected chi connectivity index (χ2v) is 12.8. The lowest BCUT2D eigenvalue weighted by Crippen LogP contribution is -2.40. The summed E-state index contributed by atoms with van der Waals surface area (Å²) in [6.07, 6.45) is 3.27. The number of nitrogens with zero attached hydrogens (tertiary/aromatic N) is 2. The Hall–Kier alpha value is -3.17. The minimum absolute atomic E-state index is 0.0386. The molecule has 1 aliphatic rings. The van der Waals surface area contributed by atoms with E-state index in [2.05, 4.69) is 4.90 Å². The van der Waals surface area contributed by atoms with Gasteiger partial charge < -0.3 is 9.47 Å². The van der Waals surface area contributed by atoms with Crippen molar-refractivity contribution >= 4 is 33.8 Å². The number of thioether (sulfide) groups is 1. The molecule has 1 aliphatic heterocycles. The third-order valence-electron chi connectivity index (χ3n) is 7.15. The highest BCUT2D eigenvalue weighted by Crippen LogP contribution is 2.28. The molecular weight excluding hydrogens is 548 g/mol. The van der Waals surface area contributed by atoms with Gasteiger partial charge in [-0.15, -0.1) is 0 Å². The molecule has 0 saturated carbocycles. The topological polar surface area (TPSA) is 107 Å². The van der Waals surface area contributed by atoms with Crippen LogP contribution in [0.5, 0.6) is 5.75 Å². The summed E-state index contributed by atoms with van der Waals surface area (Å²) in [6, 6.07) is 12.8. The molecule has 1 fully saturated rings. The standard InChI is InChI=1S/C33H46N4O4S/c1-7-8-16-37(30(38)25-12-10-9-11-13-25)32(35)42-29(34)27-21-23(2)28(24(3)22-27)40-20-19-36-17-14-26(15-18-36)31(39)41-33(4,5)6/h9-13,21-22,26,34-35H,7-8,14-20H2,1-6H3. The Balaban J connectivity index is 1.55. The Kier molecular flexibility index (Phi) is 12.2. The Bertz CT molecular complexity index is 1230. The van der Waals surface area contributed by atoms with Crippen molar-refractivity contribution in [3.8, 4) is 5.75 Å². The number of rotatable bonds is 10. The molecule has 2 aromatic rings. The van der Waals surface area contributed by atoms with E-state index < -0.39 is 5.60 Å². The molecule has 0 unspecified atom stereocenters. The SMILES string of the molecule is CCCCN(C(=N)SC(=N)c1cc(C)c(OCCN2CCC(C(=O)OC(C)(C)C)CC2)c(C)c1)C(=O)c1ccccc1. The van der Waals surface area contributed by atoms with Gasteiger partial charge in [-0.05, 0) is 114 Å². The van der Waals surface area contributed by atoms with Crippen LogP contribution in [0.1, 0.15) is 80.4 Å². The molecule has 1 saturated heterocycles. The lowest BCUT2D eigenvalue weighted by molar-refractivity contribution is -0.161. The van der Waals surface area contributed by atoms with E-state index in [1.165, 1.54) is 4.90 Å². The summed E-state index contributed by atoms with van der Waals surface area (Å²) in [5.41, 5.74) is 2.62. The van der Waals surface area contributed by atoms with Crippen LogP contribution in [0.3, 0.4) is 0 Å². The average Bonchev–Trinajstić information content (AvgIpc) is 2.94. The second-order valence-electron chi connectivity index (χ2n) is 11.8. The third kappa shape index (κ3) is 9.70. The highest BCUT2D eigenvalue weighted by atomic mass is 32.2. The fourth-order valence-corrected chi connectivity index (χ4v) is 5.64. The smallest absolute Gasteiger partial charge is 0.309 e. The van der Waals surface area contributed by atoms with E-state index in [0.29, 0.717) is 24.3 Å². The summed E-state index contributed by atoms with van der Waals surface area (Å²) in [7, 11) is 0. The summed E-state index contributed by atoms with van der Waals surface area (Å²) in [4.78, 5) is 29.3. The Morgan fingerprint density at radius 2 is 1.64 bits per heavy atom. The van der Waals surface area contributed by atoms with Crippen molar-refractivity contribution in [1.29, 1.82) is 10.8 Å². The molecule has 42 heavy (non-hydrogen) atoms. The first-order chi connectivity index (χ1) is 19.9. The van der Waals surface area contributed by atoms with Crippen LogP contribution in [0, 0.1) is 30.6 Å². The Morgan fingerprint density at radius 3 is 2.21 bits per heavy atom. The zero-order valence-corrected chi connectivity index (χ0v) is 26.7. The average molecular weight is 595 g/mol. The lowest BCUT2D eigenvalue weighted by Gasteiger charge is -2.32. The number of unbranched alkanes of at least 4 members (excludes halogenated alkanes) is 1. The maximum atomic E-state index is 13.1. The van der Waals surface area contributed by atoms with Crippen LogP contribution in [0.25, 0.3) is 0 Å². The minimum atomic E-state index is -0.456. The van der Waals surface area contributed by atoms with E-state index in [1.54, 1.807) is 12.1 Å². The summed E-state index contributed by atoms with van der Waals surface area (Å²) in [5.74, 6) is 0.446. The van der Waals surface area contributed by atoms with E-state index in [1.807, 2.05) is 71.9 Å². The number of esters is 1. The predicted octanol–water partition coefficient (Wildman–Crippen LogP) is 6.67. The van der Waals surface area contributed by atoms with E-state index in [0.717, 1.165) is 74.0 Å². The van der Waals surface area contributed by atoms with Gasteiger partial charge in [-0.2, -0.15) is 0 Å². The van der Waals surface area contributed by atoms with Crippen molar-refractivity contribution in [2.24, 2.45) is 5.92 Å². The van der Waals surface area contributed by atoms with Crippen LogP contribution in [0.2, 0.25) is 0 Å². The number of nitrogens with one attached hydrogen (secondary N) is 2. The number of aryl methyl sites for hydroxylation is 2. The molecule has 0 aromatic heterocycles. The van der Waals surface area contributed by atoms with Crippen molar-refractivity contribution in [2.45, 2.75) is 72.8 Å². The number of piperidine rings is 1. The number of hydrogen-bond donors (Lipinski definition) is 2. The van der Waals surface area contributed by atoms with E-state index in [9.17, 15) is 9.59 Å². The van der Waals surface area contributed by atoms with Crippen LogP contribution in [-0.2, 0) is 9.53 Å². The number of likely N-dealkylation sites (tertiary alicyclic amines) is 1. The second kappa shape index (κ2) is 15.3. The quantitative estimate of drug-likeness (QED) is 0.181. The van der Waals surface area contributed by atoms with Crippen LogP contribution >= 0.6 is 11.8 Å². The maximum absolute atomic E-state index is 13.1. The molecule has 2 aromatic carbocycles. The van der Waals surface area contributed by atoms with Crippen molar-refractivity contribution in [3.63, 3.8) is 0 Å². The number of amides is 1. The van der Waals surface area contributed by atoms with Crippen LogP contribution in [-0.4, -0.2) is 70.3 Å². The Labute approximate surface area is 255 Å². The van der Waals surface area contributed by atoms with Crippen LogP contribution < -0.4 is 4.74 Å². The molecule has 0 spiro atoms. The normalized spacial score (nSPS) is 14.3. The summed E-state index contributed by atoms with van der Waals surface area (Å²) in [6.45, 7) is 15.1. The molecule has 1 amide bonds. The molecular formula is C33H46N4O4S. The first-order valence-corrected chi connectivity index (χ1v) is 15.6. The number of amidine groups is 1. The largest absolute Gasteiger partial charge is 0.492 e. The highest BCUT2D eigenvalue weighted by Gasteiger charge is 2.29. The van der Waals surface area contributed by atoms with Gasteiger partial charge in [0.1, 0.15) is 23.0 Å². The van der Waals surface area contributed by atoms with Gasteiger partial charge in [0.25, 0.3) is 5.91 Å². The van der Waals surface area contributed by atoms with Gasteiger partial charge in [0, 0.05) is 24.2 Å². The van der Waals surface area contributed by atoms with Gasteiger partial charge in [0.15, 0.2) is 5.17 Å². The molecule has 9 heteroatoms. The monoisotopic (exact) mass is 594 g/mol. The van der Waals surface area contributed by atoms with Gasteiger partial charge in [0.05, 0.1) is 5.92 Å². The van der Waals surface area contributed by atoms with E-state index >= 15 is 0 Å². The highest BCUT2D eigenvalue weighted by molar-refractivity contribution is 8.26. The number of carbonyl (C=O) groups is 2. The van der Waals surface area contributed by atoms with E-state index in [4.69, 9.17) is 20.3 Å². The molecule has 0 radical (unpaired) electrons. The molecule has 0 bridgehead atoms. The zero-order chi connectivity index (χ0) is 30.9. The molecule has 2 N–H and O–H groups in total. The summed E-state index contributed by atoms with van der Waals surface area (Å²) < 4.78 is 11.7. The summed E-state index contributed by atoms with van der Waals surface area (Å²) >= 11 is 0.990. The van der Waals surface area contributed by atoms with Crippen molar-refractivity contribution in [1.82, 2.24) is 9.80 Å². The van der Waals surface area contributed by atoms with E-state index in [-0.39, 0.29) is 28.0 Å². The maximum Gasteiger partial charge on any atom is 0.309 e. The molecule has 1 heterocycles. The molecule has 0 aliphatic carbocycles. The predicted molar refractivity (Wildman–Crippen MR) is 171 cm³/mol. The third-order valence-corrected chi connectivity index (χ3v) is 8.00. The first kappa shape index (κ1) is 33.3.